The number of benzene rings is 1. The number of unbranched alkanes of at least 4 members (excludes halogenated alkanes) is 1. The van der Waals surface area contributed by atoms with Gasteiger partial charge in [-0.1, -0.05) is 31.9 Å². The second-order valence-electron chi connectivity index (χ2n) is 5.74. The lowest BCUT2D eigenvalue weighted by Crippen LogP contribution is -2.33. The zero-order valence-corrected chi connectivity index (χ0v) is 13.6. The number of rotatable bonds is 8. The Labute approximate surface area is 133 Å². The maximum absolute atomic E-state index is 12.1. The predicted octanol–water partition coefficient (Wildman–Crippen LogP) is 3.51. The number of piperidine rings is 1. The Morgan fingerprint density at radius 3 is 2.68 bits per heavy atom. The third kappa shape index (κ3) is 5.34. The molecule has 4 nitrogen and oxygen atoms in total. The zero-order valence-electron chi connectivity index (χ0n) is 13.6. The molecule has 0 amide bonds. The van der Waals surface area contributed by atoms with Crippen molar-refractivity contribution in [2.24, 2.45) is 0 Å². The second-order valence-corrected chi connectivity index (χ2v) is 5.74. The van der Waals surface area contributed by atoms with E-state index >= 15 is 0 Å². The van der Waals surface area contributed by atoms with E-state index in [-0.39, 0.29) is 5.97 Å². The van der Waals surface area contributed by atoms with Crippen molar-refractivity contribution in [3.8, 4) is 5.75 Å². The van der Waals surface area contributed by atoms with E-state index in [0.29, 0.717) is 24.5 Å². The molecule has 0 unspecified atom stereocenters. The Morgan fingerprint density at radius 2 is 1.91 bits per heavy atom. The summed E-state index contributed by atoms with van der Waals surface area (Å²) in [6.07, 6.45) is 5.80. The minimum absolute atomic E-state index is 0.290. The summed E-state index contributed by atoms with van der Waals surface area (Å²) in [6.45, 7) is 6.38. The molecule has 0 N–H and O–H groups in total. The first-order chi connectivity index (χ1) is 10.8. The van der Waals surface area contributed by atoms with Gasteiger partial charge in [0.05, 0.1) is 6.61 Å². The molecule has 1 aliphatic rings. The molecule has 0 aliphatic carbocycles. The molecule has 22 heavy (non-hydrogen) atoms. The zero-order chi connectivity index (χ0) is 15.6. The first-order valence-corrected chi connectivity index (χ1v) is 8.42. The fourth-order valence-electron chi connectivity index (χ4n) is 2.62. The summed E-state index contributed by atoms with van der Waals surface area (Å²) in [5, 5.41) is 0. The van der Waals surface area contributed by atoms with Crippen molar-refractivity contribution in [2.45, 2.75) is 39.0 Å². The van der Waals surface area contributed by atoms with Gasteiger partial charge in [-0.15, -0.1) is 0 Å². The van der Waals surface area contributed by atoms with Gasteiger partial charge in [-0.2, -0.15) is 0 Å². The second kappa shape index (κ2) is 9.46. The van der Waals surface area contributed by atoms with Gasteiger partial charge < -0.3 is 9.47 Å². The normalized spacial score (nSPS) is 15.5. The molecule has 0 saturated carbocycles. The van der Waals surface area contributed by atoms with Crippen molar-refractivity contribution < 1.29 is 14.3 Å². The Kier molecular flexibility index (Phi) is 7.23. The molecule has 1 aromatic carbocycles. The highest BCUT2D eigenvalue weighted by atomic mass is 16.5. The number of carbonyl (C=O) groups excluding carboxylic acids is 1. The molecule has 4 heteroatoms. The maximum atomic E-state index is 12.1. The van der Waals surface area contributed by atoms with Crippen molar-refractivity contribution in [3.63, 3.8) is 0 Å². The molecular weight excluding hydrogens is 278 g/mol. The fourth-order valence-corrected chi connectivity index (χ4v) is 2.62. The number of hydrogen-bond acceptors (Lipinski definition) is 4. The maximum Gasteiger partial charge on any atom is 0.341 e. The van der Waals surface area contributed by atoms with Crippen LogP contribution in [0.25, 0.3) is 0 Å². The molecule has 0 radical (unpaired) electrons. The highest BCUT2D eigenvalue weighted by Gasteiger charge is 2.14. The number of likely N-dealkylation sites (tertiary alicyclic amines) is 1. The number of carbonyl (C=O) groups is 1. The Balaban J connectivity index is 1.83. The van der Waals surface area contributed by atoms with Gasteiger partial charge in [0, 0.05) is 6.54 Å². The van der Waals surface area contributed by atoms with Gasteiger partial charge in [0.2, 0.25) is 0 Å². The van der Waals surface area contributed by atoms with E-state index in [1.54, 1.807) is 6.07 Å². The van der Waals surface area contributed by atoms with Crippen molar-refractivity contribution in [2.75, 3.05) is 32.8 Å². The lowest BCUT2D eigenvalue weighted by atomic mass is 10.1. The largest absolute Gasteiger partial charge is 0.491 e. The van der Waals surface area contributed by atoms with E-state index in [1.165, 1.54) is 19.3 Å². The Bertz CT molecular complexity index is 455. The van der Waals surface area contributed by atoms with E-state index in [0.717, 1.165) is 32.5 Å². The van der Waals surface area contributed by atoms with E-state index in [4.69, 9.17) is 9.47 Å². The standard InChI is InChI=1S/C18H27NO3/c1-2-3-14-22-18(20)16-9-5-6-10-17(16)21-15-13-19-11-7-4-8-12-19/h5-6,9-10H,2-4,7-8,11-15H2,1H3. The van der Waals surface area contributed by atoms with Crippen LogP contribution in [0, 0.1) is 0 Å². The molecule has 1 fully saturated rings. The van der Waals surface area contributed by atoms with Crippen LogP contribution in [-0.2, 0) is 4.74 Å². The third-order valence-electron chi connectivity index (χ3n) is 3.95. The van der Waals surface area contributed by atoms with Gasteiger partial charge in [0.25, 0.3) is 0 Å². The Hall–Kier alpha value is -1.55. The van der Waals surface area contributed by atoms with Gasteiger partial charge in [0.15, 0.2) is 0 Å². The van der Waals surface area contributed by atoms with Crippen molar-refractivity contribution >= 4 is 5.97 Å². The van der Waals surface area contributed by atoms with Crippen LogP contribution in [0.1, 0.15) is 49.4 Å². The number of ether oxygens (including phenoxy) is 2. The van der Waals surface area contributed by atoms with E-state index in [1.807, 2.05) is 18.2 Å². The van der Waals surface area contributed by atoms with Crippen LogP contribution < -0.4 is 4.74 Å². The van der Waals surface area contributed by atoms with Gasteiger partial charge in [-0.3, -0.25) is 4.90 Å². The van der Waals surface area contributed by atoms with E-state index in [2.05, 4.69) is 11.8 Å². The summed E-state index contributed by atoms with van der Waals surface area (Å²) in [7, 11) is 0. The third-order valence-corrected chi connectivity index (χ3v) is 3.95. The van der Waals surface area contributed by atoms with Crippen LogP contribution >= 0.6 is 0 Å². The molecule has 1 saturated heterocycles. The quantitative estimate of drug-likeness (QED) is 0.544. The predicted molar refractivity (Wildman–Crippen MR) is 87.4 cm³/mol. The molecule has 0 aromatic heterocycles. The van der Waals surface area contributed by atoms with E-state index < -0.39 is 0 Å². The summed E-state index contributed by atoms with van der Waals surface area (Å²) in [5.74, 6) is 0.336. The average Bonchev–Trinajstić information content (AvgIpc) is 2.56. The molecule has 1 aliphatic heterocycles. The number of hydrogen-bond donors (Lipinski definition) is 0. The van der Waals surface area contributed by atoms with Gasteiger partial charge >= 0.3 is 5.97 Å². The highest BCUT2D eigenvalue weighted by molar-refractivity contribution is 5.92. The lowest BCUT2D eigenvalue weighted by molar-refractivity contribution is 0.0494. The summed E-state index contributed by atoms with van der Waals surface area (Å²) < 4.78 is 11.1. The molecule has 1 aromatic rings. The minimum atomic E-state index is -0.290. The first-order valence-electron chi connectivity index (χ1n) is 8.42. The molecule has 1 heterocycles. The van der Waals surface area contributed by atoms with Crippen molar-refractivity contribution in [1.29, 1.82) is 0 Å². The van der Waals surface area contributed by atoms with Gasteiger partial charge in [-0.05, 0) is 44.5 Å². The summed E-state index contributed by atoms with van der Waals surface area (Å²) >= 11 is 0. The van der Waals surface area contributed by atoms with E-state index in [9.17, 15) is 4.79 Å². The molecular formula is C18H27NO3. The molecule has 0 bridgehead atoms. The first kappa shape index (κ1) is 16.8. The SMILES string of the molecule is CCCCOC(=O)c1ccccc1OCCN1CCCCC1. The lowest BCUT2D eigenvalue weighted by Gasteiger charge is -2.26. The van der Waals surface area contributed by atoms with Crippen LogP contribution in [0.15, 0.2) is 24.3 Å². The van der Waals surface area contributed by atoms with Crippen LogP contribution in [0.5, 0.6) is 5.75 Å². The molecule has 122 valence electrons. The summed E-state index contributed by atoms with van der Waals surface area (Å²) in [6, 6.07) is 7.34. The number of nitrogens with zero attached hydrogens (tertiary/aromatic N) is 1. The number of para-hydroxylation sites is 1. The van der Waals surface area contributed by atoms with Crippen LogP contribution in [0.4, 0.5) is 0 Å². The minimum Gasteiger partial charge on any atom is -0.491 e. The van der Waals surface area contributed by atoms with Gasteiger partial charge in [0.1, 0.15) is 17.9 Å². The highest BCUT2D eigenvalue weighted by Crippen LogP contribution is 2.19. The summed E-state index contributed by atoms with van der Waals surface area (Å²) in [4.78, 5) is 14.5. The van der Waals surface area contributed by atoms with Gasteiger partial charge in [-0.25, -0.2) is 4.79 Å². The van der Waals surface area contributed by atoms with Crippen LogP contribution in [0.2, 0.25) is 0 Å². The summed E-state index contributed by atoms with van der Waals surface area (Å²) in [5.41, 5.74) is 0.525. The monoisotopic (exact) mass is 305 g/mol. The van der Waals surface area contributed by atoms with Crippen LogP contribution in [0.3, 0.4) is 0 Å². The molecule has 2 rings (SSSR count). The molecule has 0 atom stereocenters. The topological polar surface area (TPSA) is 38.8 Å². The van der Waals surface area contributed by atoms with Crippen molar-refractivity contribution in [3.05, 3.63) is 29.8 Å². The Morgan fingerprint density at radius 1 is 1.14 bits per heavy atom. The fraction of sp³-hybridized carbons (Fsp3) is 0.611. The smallest absolute Gasteiger partial charge is 0.341 e. The van der Waals surface area contributed by atoms with Crippen LogP contribution in [-0.4, -0.2) is 43.7 Å². The molecule has 0 spiro atoms. The van der Waals surface area contributed by atoms with Crippen molar-refractivity contribution in [1.82, 2.24) is 4.90 Å². The number of esters is 1. The average molecular weight is 305 g/mol.